The Hall–Kier alpha value is 0. The second-order valence-electron chi connectivity index (χ2n) is 2.16. The van der Waals surface area contributed by atoms with Crippen LogP contribution < -0.4 is 0 Å². The first kappa shape index (κ1) is 7.00. The van der Waals surface area contributed by atoms with Crippen LogP contribution in [0.4, 0.5) is 0 Å². The molecule has 0 aliphatic rings. The van der Waals surface area contributed by atoms with Gasteiger partial charge in [-0.05, 0) is 5.92 Å². The second-order valence-corrected chi connectivity index (χ2v) is 2.16. The van der Waals surface area contributed by atoms with Crippen molar-refractivity contribution >= 4 is 0 Å². The molecule has 7 heavy (non-hydrogen) atoms. The first-order chi connectivity index (χ1) is 3.31. The van der Waals surface area contributed by atoms with Crippen molar-refractivity contribution in [2.24, 2.45) is 5.92 Å². The predicted octanol–water partition coefficient (Wildman–Crippen LogP) is 2.65. The molecule has 0 saturated carbocycles. The first-order valence-corrected chi connectivity index (χ1v) is 3.10. The highest BCUT2D eigenvalue weighted by molar-refractivity contribution is 4.49. The van der Waals surface area contributed by atoms with Gasteiger partial charge in [0.05, 0.1) is 0 Å². The molecule has 43 valence electrons. The number of hydrogen-bond donors (Lipinski definition) is 0. The lowest BCUT2D eigenvalue weighted by atomic mass is 10.0. The molecule has 1 atom stereocenters. The van der Waals surface area contributed by atoms with Crippen LogP contribution in [0, 0.1) is 12.8 Å². The van der Waals surface area contributed by atoms with E-state index < -0.39 is 0 Å². The summed E-state index contributed by atoms with van der Waals surface area (Å²) in [5, 5.41) is 0. The minimum atomic E-state index is 0.887. The van der Waals surface area contributed by atoms with Crippen LogP contribution in [-0.4, -0.2) is 0 Å². The molecular formula is C7H15. The van der Waals surface area contributed by atoms with Crippen LogP contribution in [0.25, 0.3) is 0 Å². The molecule has 0 aromatic carbocycles. The molecule has 0 N–H and O–H groups in total. The van der Waals surface area contributed by atoms with Crippen LogP contribution in [0.2, 0.25) is 0 Å². The number of rotatable bonds is 3. The second kappa shape index (κ2) is 4.17. The van der Waals surface area contributed by atoms with Crippen molar-refractivity contribution in [1.82, 2.24) is 0 Å². The average Bonchev–Trinajstić information content (AvgIpc) is 1.68. The first-order valence-electron chi connectivity index (χ1n) is 3.10. The smallest absolute Gasteiger partial charge is 0.0445 e. The summed E-state index contributed by atoms with van der Waals surface area (Å²) in [6, 6.07) is 0. The van der Waals surface area contributed by atoms with Crippen LogP contribution >= 0.6 is 0 Å². The summed E-state index contributed by atoms with van der Waals surface area (Å²) in [4.78, 5) is 0. The Bertz CT molecular complexity index is 31.0. The lowest BCUT2D eigenvalue weighted by Crippen LogP contribution is -1.88. The Balaban J connectivity index is 2.83. The molecule has 1 radical (unpaired) electrons. The van der Waals surface area contributed by atoms with Crippen molar-refractivity contribution < 1.29 is 0 Å². The molecule has 0 rings (SSSR count). The van der Waals surface area contributed by atoms with Gasteiger partial charge in [-0.25, -0.2) is 0 Å². The fraction of sp³-hybridized carbons (Fsp3) is 0.857. The molecule has 0 bridgehead atoms. The molecule has 0 heteroatoms. The third kappa shape index (κ3) is 3.84. The van der Waals surface area contributed by atoms with E-state index in [2.05, 4.69) is 20.8 Å². The van der Waals surface area contributed by atoms with Gasteiger partial charge in [0.2, 0.25) is 0 Å². The predicted molar refractivity (Wildman–Crippen MR) is 34.0 cm³/mol. The van der Waals surface area contributed by atoms with Gasteiger partial charge in [-0.2, -0.15) is 0 Å². The van der Waals surface area contributed by atoms with Crippen LogP contribution in [0.1, 0.15) is 33.1 Å². The standard InChI is InChI=1S/C7H15/c1-4-6-7(3)5-2/h7H,1,4-6H2,2-3H3. The molecule has 0 spiro atoms. The monoisotopic (exact) mass is 99.1 g/mol. The summed E-state index contributed by atoms with van der Waals surface area (Å²) in [5.74, 6) is 0.887. The highest BCUT2D eigenvalue weighted by Crippen LogP contribution is 2.07. The van der Waals surface area contributed by atoms with Crippen molar-refractivity contribution in [3.05, 3.63) is 6.92 Å². The normalized spacial score (nSPS) is 14.1. The van der Waals surface area contributed by atoms with E-state index in [1.54, 1.807) is 0 Å². The van der Waals surface area contributed by atoms with Gasteiger partial charge in [0.15, 0.2) is 0 Å². The molecule has 0 nitrogen and oxygen atoms in total. The van der Waals surface area contributed by atoms with E-state index >= 15 is 0 Å². The van der Waals surface area contributed by atoms with Gasteiger partial charge in [-0.3, -0.25) is 0 Å². The summed E-state index contributed by atoms with van der Waals surface area (Å²) < 4.78 is 0. The van der Waals surface area contributed by atoms with Gasteiger partial charge in [-0.15, -0.1) is 0 Å². The van der Waals surface area contributed by atoms with Gasteiger partial charge in [0.1, 0.15) is 0 Å². The Morgan fingerprint density at radius 1 is 1.57 bits per heavy atom. The zero-order valence-corrected chi connectivity index (χ0v) is 5.41. The molecule has 0 amide bonds. The largest absolute Gasteiger partial charge is 0.0651 e. The van der Waals surface area contributed by atoms with E-state index in [0.717, 1.165) is 12.3 Å². The maximum atomic E-state index is 3.77. The van der Waals surface area contributed by atoms with Crippen LogP contribution in [0.5, 0.6) is 0 Å². The summed E-state index contributed by atoms with van der Waals surface area (Å²) in [5.41, 5.74) is 0. The number of hydrogen-bond acceptors (Lipinski definition) is 0. The quantitative estimate of drug-likeness (QED) is 0.510. The van der Waals surface area contributed by atoms with E-state index in [1.165, 1.54) is 12.8 Å². The minimum absolute atomic E-state index is 0.887. The summed E-state index contributed by atoms with van der Waals surface area (Å²) in [6.07, 6.45) is 3.68. The van der Waals surface area contributed by atoms with E-state index in [4.69, 9.17) is 0 Å². The molecule has 0 fully saturated rings. The summed E-state index contributed by atoms with van der Waals surface area (Å²) in [7, 11) is 0. The van der Waals surface area contributed by atoms with Gasteiger partial charge in [-0.1, -0.05) is 40.0 Å². The lowest BCUT2D eigenvalue weighted by Gasteiger charge is -2.02. The van der Waals surface area contributed by atoms with E-state index in [-0.39, 0.29) is 0 Å². The van der Waals surface area contributed by atoms with Crippen molar-refractivity contribution in [3.63, 3.8) is 0 Å². The molecule has 0 aliphatic carbocycles. The lowest BCUT2D eigenvalue weighted by molar-refractivity contribution is 0.521. The highest BCUT2D eigenvalue weighted by atomic mass is 14.0. The summed E-state index contributed by atoms with van der Waals surface area (Å²) >= 11 is 0. The third-order valence-corrected chi connectivity index (χ3v) is 1.39. The Morgan fingerprint density at radius 2 is 2.14 bits per heavy atom. The fourth-order valence-electron chi connectivity index (χ4n) is 0.553. The van der Waals surface area contributed by atoms with Crippen molar-refractivity contribution in [3.8, 4) is 0 Å². The van der Waals surface area contributed by atoms with E-state index in [0.29, 0.717) is 0 Å². The average molecular weight is 99.2 g/mol. The van der Waals surface area contributed by atoms with E-state index in [1.807, 2.05) is 0 Å². The Morgan fingerprint density at radius 3 is 2.29 bits per heavy atom. The molecule has 0 aromatic rings. The molecule has 0 saturated heterocycles. The SMILES string of the molecule is [CH2]CCC(C)CC. The van der Waals surface area contributed by atoms with Crippen LogP contribution in [0.3, 0.4) is 0 Å². The Labute approximate surface area is 46.9 Å². The molecule has 1 unspecified atom stereocenters. The van der Waals surface area contributed by atoms with Gasteiger partial charge in [0.25, 0.3) is 0 Å². The minimum Gasteiger partial charge on any atom is -0.0651 e. The maximum Gasteiger partial charge on any atom is -0.0445 e. The van der Waals surface area contributed by atoms with Gasteiger partial charge < -0.3 is 0 Å². The Kier molecular flexibility index (Phi) is 4.17. The zero-order chi connectivity index (χ0) is 5.70. The summed E-state index contributed by atoms with van der Waals surface area (Å²) in [6.45, 7) is 8.27. The van der Waals surface area contributed by atoms with Crippen molar-refractivity contribution in [1.29, 1.82) is 0 Å². The zero-order valence-electron chi connectivity index (χ0n) is 5.41. The van der Waals surface area contributed by atoms with E-state index in [9.17, 15) is 0 Å². The van der Waals surface area contributed by atoms with Crippen molar-refractivity contribution in [2.75, 3.05) is 0 Å². The molecule has 0 aliphatic heterocycles. The maximum absolute atomic E-state index is 3.77. The molecule has 0 heterocycles. The van der Waals surface area contributed by atoms with Gasteiger partial charge >= 0.3 is 0 Å². The van der Waals surface area contributed by atoms with Crippen LogP contribution in [0.15, 0.2) is 0 Å². The topological polar surface area (TPSA) is 0 Å². The highest BCUT2D eigenvalue weighted by Gasteiger charge is 1.92. The van der Waals surface area contributed by atoms with Crippen LogP contribution in [-0.2, 0) is 0 Å². The fourth-order valence-corrected chi connectivity index (χ4v) is 0.553. The molecular weight excluding hydrogens is 84.1 g/mol. The van der Waals surface area contributed by atoms with Gasteiger partial charge in [0, 0.05) is 0 Å². The van der Waals surface area contributed by atoms with Crippen molar-refractivity contribution in [2.45, 2.75) is 33.1 Å². The third-order valence-electron chi connectivity index (χ3n) is 1.39. The molecule has 0 aromatic heterocycles.